The van der Waals surface area contributed by atoms with E-state index in [-0.39, 0.29) is 24.1 Å². The van der Waals surface area contributed by atoms with Gasteiger partial charge in [-0.3, -0.25) is 4.90 Å². The Kier molecular flexibility index (Phi) is 6.75. The Labute approximate surface area is 150 Å². The molecular formula is C18H28ClNO4. The molecule has 2 aliphatic rings. The van der Waals surface area contributed by atoms with E-state index in [0.29, 0.717) is 0 Å². The normalized spacial score (nSPS) is 23.5. The Morgan fingerprint density at radius 1 is 1.25 bits per heavy atom. The molecule has 24 heavy (non-hydrogen) atoms. The minimum atomic E-state index is -0.311. The number of ether oxygens (including phenoxy) is 3. The van der Waals surface area contributed by atoms with Gasteiger partial charge >= 0.3 is 0 Å². The van der Waals surface area contributed by atoms with Gasteiger partial charge in [-0.25, -0.2) is 0 Å². The van der Waals surface area contributed by atoms with E-state index in [1.165, 1.54) is 0 Å². The lowest BCUT2D eigenvalue weighted by atomic mass is 9.82. The van der Waals surface area contributed by atoms with Crippen LogP contribution in [0.5, 0.6) is 11.5 Å². The van der Waals surface area contributed by atoms with Crippen molar-refractivity contribution in [1.29, 1.82) is 0 Å². The quantitative estimate of drug-likeness (QED) is 0.897. The number of aliphatic hydroxyl groups excluding tert-OH is 1. The van der Waals surface area contributed by atoms with E-state index in [4.69, 9.17) is 14.2 Å². The van der Waals surface area contributed by atoms with Crippen LogP contribution in [0.1, 0.15) is 31.2 Å². The third kappa shape index (κ3) is 3.97. The zero-order valence-corrected chi connectivity index (χ0v) is 15.3. The first kappa shape index (κ1) is 19.3. The van der Waals surface area contributed by atoms with E-state index in [0.717, 1.165) is 69.0 Å². The summed E-state index contributed by atoms with van der Waals surface area (Å²) >= 11 is 0. The van der Waals surface area contributed by atoms with Crippen LogP contribution in [-0.4, -0.2) is 55.6 Å². The summed E-state index contributed by atoms with van der Waals surface area (Å²) < 4.78 is 16.7. The van der Waals surface area contributed by atoms with Gasteiger partial charge in [0.1, 0.15) is 11.5 Å². The Hall–Kier alpha value is -1.01. The molecule has 136 valence electrons. The average molecular weight is 358 g/mol. The molecule has 2 fully saturated rings. The van der Waals surface area contributed by atoms with E-state index in [2.05, 4.69) is 11.0 Å². The topological polar surface area (TPSA) is 51.2 Å². The standard InChI is InChI=1S/C18H27NO4.ClH/c1-21-15-6-5-14(16(12-15)22-2)13-19-9-7-18(8-10-19)17(20)4-3-11-23-18;/h5-6,12,17,20H,3-4,7-11,13H2,1-2H3;1H. The van der Waals surface area contributed by atoms with Crippen LogP contribution >= 0.6 is 12.4 Å². The minimum absolute atomic E-state index is 0. The van der Waals surface area contributed by atoms with Gasteiger partial charge in [0.25, 0.3) is 0 Å². The molecule has 0 aromatic heterocycles. The number of halogens is 1. The van der Waals surface area contributed by atoms with Gasteiger partial charge in [-0.1, -0.05) is 6.07 Å². The van der Waals surface area contributed by atoms with Crippen molar-refractivity contribution in [3.8, 4) is 11.5 Å². The summed E-state index contributed by atoms with van der Waals surface area (Å²) in [7, 11) is 3.35. The Balaban J connectivity index is 0.00000208. The molecule has 3 rings (SSSR count). The van der Waals surface area contributed by atoms with Gasteiger partial charge in [-0.15, -0.1) is 12.4 Å². The molecule has 1 aromatic rings. The first-order chi connectivity index (χ1) is 11.2. The molecule has 6 heteroatoms. The molecule has 1 spiro atoms. The molecular weight excluding hydrogens is 330 g/mol. The van der Waals surface area contributed by atoms with Crippen LogP contribution < -0.4 is 9.47 Å². The van der Waals surface area contributed by atoms with E-state index in [1.807, 2.05) is 12.1 Å². The molecule has 1 aromatic carbocycles. The van der Waals surface area contributed by atoms with Gasteiger partial charge in [0, 0.05) is 37.9 Å². The fourth-order valence-corrected chi connectivity index (χ4v) is 3.70. The summed E-state index contributed by atoms with van der Waals surface area (Å²) in [5.74, 6) is 1.67. The van der Waals surface area contributed by atoms with Crippen LogP contribution in [0, 0.1) is 0 Å². The monoisotopic (exact) mass is 357 g/mol. The van der Waals surface area contributed by atoms with Crippen LogP contribution in [0.25, 0.3) is 0 Å². The molecule has 2 saturated heterocycles. The van der Waals surface area contributed by atoms with Crippen LogP contribution in [0.2, 0.25) is 0 Å². The van der Waals surface area contributed by atoms with Gasteiger partial charge in [0.15, 0.2) is 0 Å². The van der Waals surface area contributed by atoms with Crippen molar-refractivity contribution < 1.29 is 19.3 Å². The van der Waals surface area contributed by atoms with Crippen molar-refractivity contribution in [3.63, 3.8) is 0 Å². The van der Waals surface area contributed by atoms with E-state index < -0.39 is 0 Å². The summed E-state index contributed by atoms with van der Waals surface area (Å²) in [6.07, 6.45) is 3.32. The summed E-state index contributed by atoms with van der Waals surface area (Å²) in [4.78, 5) is 2.40. The average Bonchev–Trinajstić information content (AvgIpc) is 2.60. The Morgan fingerprint density at radius 3 is 2.62 bits per heavy atom. The highest BCUT2D eigenvalue weighted by Gasteiger charge is 2.43. The molecule has 0 saturated carbocycles. The number of nitrogens with zero attached hydrogens (tertiary/aromatic N) is 1. The highest BCUT2D eigenvalue weighted by molar-refractivity contribution is 5.85. The summed E-state index contributed by atoms with van der Waals surface area (Å²) in [6, 6.07) is 5.96. The lowest BCUT2D eigenvalue weighted by Gasteiger charge is -2.46. The molecule has 2 heterocycles. The van der Waals surface area contributed by atoms with Crippen molar-refractivity contribution in [2.24, 2.45) is 0 Å². The fraction of sp³-hybridized carbons (Fsp3) is 0.667. The third-order valence-corrected chi connectivity index (χ3v) is 5.21. The SMILES string of the molecule is COc1ccc(CN2CCC3(CC2)OCCCC3O)c(OC)c1.Cl. The number of piperidine rings is 1. The van der Waals surface area contributed by atoms with Gasteiger partial charge in [0.2, 0.25) is 0 Å². The maximum absolute atomic E-state index is 10.3. The molecule has 0 bridgehead atoms. The number of rotatable bonds is 4. The second-order valence-corrected chi connectivity index (χ2v) is 6.53. The van der Waals surface area contributed by atoms with Crippen LogP contribution in [0.15, 0.2) is 18.2 Å². The fourth-order valence-electron chi connectivity index (χ4n) is 3.70. The Morgan fingerprint density at radius 2 is 2.00 bits per heavy atom. The molecule has 2 aliphatic heterocycles. The first-order valence-corrected chi connectivity index (χ1v) is 8.42. The second kappa shape index (κ2) is 8.39. The smallest absolute Gasteiger partial charge is 0.127 e. The highest BCUT2D eigenvalue weighted by atomic mass is 35.5. The third-order valence-electron chi connectivity index (χ3n) is 5.21. The van der Waals surface area contributed by atoms with Crippen molar-refractivity contribution in [2.75, 3.05) is 33.9 Å². The number of likely N-dealkylation sites (tertiary alicyclic amines) is 1. The largest absolute Gasteiger partial charge is 0.497 e. The molecule has 0 aliphatic carbocycles. The van der Waals surface area contributed by atoms with Crippen molar-refractivity contribution in [1.82, 2.24) is 4.90 Å². The summed E-state index contributed by atoms with van der Waals surface area (Å²) in [5.41, 5.74) is 0.855. The maximum atomic E-state index is 10.3. The van der Waals surface area contributed by atoms with E-state index >= 15 is 0 Å². The summed E-state index contributed by atoms with van der Waals surface area (Å²) in [6.45, 7) is 3.50. The van der Waals surface area contributed by atoms with E-state index in [1.54, 1.807) is 14.2 Å². The molecule has 1 unspecified atom stereocenters. The zero-order valence-electron chi connectivity index (χ0n) is 14.5. The van der Waals surface area contributed by atoms with Crippen molar-refractivity contribution in [2.45, 2.75) is 43.9 Å². The summed E-state index contributed by atoms with van der Waals surface area (Å²) in [5, 5.41) is 10.3. The van der Waals surface area contributed by atoms with Crippen LogP contribution in [-0.2, 0) is 11.3 Å². The van der Waals surface area contributed by atoms with Gasteiger partial charge < -0.3 is 19.3 Å². The zero-order chi connectivity index (χ0) is 16.3. The van der Waals surface area contributed by atoms with E-state index in [9.17, 15) is 5.11 Å². The second-order valence-electron chi connectivity index (χ2n) is 6.53. The molecule has 1 atom stereocenters. The maximum Gasteiger partial charge on any atom is 0.127 e. The number of aliphatic hydroxyl groups is 1. The molecule has 5 nitrogen and oxygen atoms in total. The highest BCUT2D eigenvalue weighted by Crippen LogP contribution is 2.36. The number of benzene rings is 1. The minimum Gasteiger partial charge on any atom is -0.497 e. The molecule has 1 N–H and O–H groups in total. The van der Waals surface area contributed by atoms with Crippen molar-refractivity contribution in [3.05, 3.63) is 23.8 Å². The lowest BCUT2D eigenvalue weighted by Crippen LogP contribution is -2.55. The number of hydrogen-bond acceptors (Lipinski definition) is 5. The van der Waals surface area contributed by atoms with Crippen molar-refractivity contribution >= 4 is 12.4 Å². The lowest BCUT2D eigenvalue weighted by molar-refractivity contribution is -0.177. The number of hydrogen-bond donors (Lipinski definition) is 1. The first-order valence-electron chi connectivity index (χ1n) is 8.42. The van der Waals surface area contributed by atoms with Crippen LogP contribution in [0.4, 0.5) is 0 Å². The molecule has 0 amide bonds. The van der Waals surface area contributed by atoms with Gasteiger partial charge in [0.05, 0.1) is 25.9 Å². The predicted molar refractivity (Wildman–Crippen MR) is 95.2 cm³/mol. The predicted octanol–water partition coefficient (Wildman–Crippen LogP) is 2.63. The van der Waals surface area contributed by atoms with Gasteiger partial charge in [-0.05, 0) is 31.7 Å². The van der Waals surface area contributed by atoms with Crippen LogP contribution in [0.3, 0.4) is 0 Å². The molecule has 0 radical (unpaired) electrons. The number of methoxy groups -OCH3 is 2. The van der Waals surface area contributed by atoms with Gasteiger partial charge in [-0.2, -0.15) is 0 Å². The Bertz CT molecular complexity index is 532.